The lowest BCUT2D eigenvalue weighted by atomic mass is 10.2. The Labute approximate surface area is 176 Å². The number of nitro benzene ring substituents is 1. The summed E-state index contributed by atoms with van der Waals surface area (Å²) in [4.78, 5) is 23.1. The van der Waals surface area contributed by atoms with Gasteiger partial charge in [0.2, 0.25) is 10.0 Å². The quantitative estimate of drug-likeness (QED) is 0.408. The largest absolute Gasteiger partial charge is 0.379 e. The van der Waals surface area contributed by atoms with E-state index >= 15 is 0 Å². The number of anilines is 1. The second-order valence-corrected chi connectivity index (χ2v) is 8.75. The molecular formula is C18H20N6O6S. The van der Waals surface area contributed by atoms with E-state index in [1.165, 1.54) is 25.5 Å². The third kappa shape index (κ3) is 4.15. The van der Waals surface area contributed by atoms with Crippen LogP contribution in [0.3, 0.4) is 0 Å². The zero-order valence-corrected chi connectivity index (χ0v) is 17.2. The van der Waals surface area contributed by atoms with Crippen LogP contribution in [0.2, 0.25) is 0 Å². The minimum absolute atomic E-state index is 0.150. The van der Waals surface area contributed by atoms with Gasteiger partial charge in [0.05, 0.1) is 29.6 Å². The van der Waals surface area contributed by atoms with Crippen molar-refractivity contribution in [3.8, 4) is 0 Å². The molecule has 1 N–H and O–H groups in total. The maximum absolute atomic E-state index is 12.8. The second-order valence-electron chi connectivity index (χ2n) is 6.81. The van der Waals surface area contributed by atoms with Crippen molar-refractivity contribution in [2.24, 2.45) is 0 Å². The van der Waals surface area contributed by atoms with Crippen LogP contribution in [0.4, 0.5) is 11.4 Å². The van der Waals surface area contributed by atoms with Crippen LogP contribution in [-0.2, 0) is 21.3 Å². The van der Waals surface area contributed by atoms with E-state index in [2.05, 4.69) is 10.4 Å². The molecule has 164 valence electrons. The highest BCUT2D eigenvalue weighted by Crippen LogP contribution is 2.29. The molecule has 0 radical (unpaired) electrons. The standard InChI is InChI=1S/C18H20N6O6S/c25-18-22-7-2-1-3-17(22)20-23(18)8-6-19-15-5-4-14(13-16(15)24(26)27)31(28,29)21-9-11-30-12-10-21/h1-5,7,13,19H,6,8-12H2. The summed E-state index contributed by atoms with van der Waals surface area (Å²) in [7, 11) is -3.86. The smallest absolute Gasteiger partial charge is 0.350 e. The molecule has 31 heavy (non-hydrogen) atoms. The third-order valence-corrected chi connectivity index (χ3v) is 6.80. The number of nitrogens with one attached hydrogen (secondary N) is 1. The van der Waals surface area contributed by atoms with Crippen LogP contribution in [0.1, 0.15) is 0 Å². The number of nitrogens with zero attached hydrogens (tertiary/aromatic N) is 5. The van der Waals surface area contributed by atoms with Gasteiger partial charge in [-0.1, -0.05) is 6.07 Å². The molecule has 3 heterocycles. The van der Waals surface area contributed by atoms with Gasteiger partial charge >= 0.3 is 5.69 Å². The summed E-state index contributed by atoms with van der Waals surface area (Å²) in [5.41, 5.74) is -0.0329. The van der Waals surface area contributed by atoms with Gasteiger partial charge in [-0.25, -0.2) is 17.9 Å². The van der Waals surface area contributed by atoms with Gasteiger partial charge in [-0.15, -0.1) is 5.10 Å². The SMILES string of the molecule is O=c1n(CCNc2ccc(S(=O)(=O)N3CCOCC3)cc2[N+](=O)[O-])nc2ccccn12. The first-order valence-electron chi connectivity index (χ1n) is 9.52. The number of sulfonamides is 1. The Balaban J connectivity index is 1.52. The average Bonchev–Trinajstić information content (AvgIpc) is 3.10. The molecule has 0 amide bonds. The molecule has 13 heteroatoms. The number of aromatic nitrogens is 3. The lowest BCUT2D eigenvalue weighted by molar-refractivity contribution is -0.384. The number of hydrogen-bond acceptors (Lipinski definition) is 8. The molecule has 0 aliphatic carbocycles. The maximum Gasteiger partial charge on any atom is 0.350 e. The van der Waals surface area contributed by atoms with Gasteiger partial charge < -0.3 is 10.1 Å². The number of ether oxygens (including phenoxy) is 1. The number of morpholine rings is 1. The van der Waals surface area contributed by atoms with E-state index in [9.17, 15) is 23.3 Å². The Morgan fingerprint density at radius 2 is 1.97 bits per heavy atom. The molecule has 1 aliphatic rings. The number of rotatable bonds is 7. The minimum atomic E-state index is -3.86. The zero-order valence-electron chi connectivity index (χ0n) is 16.4. The van der Waals surface area contributed by atoms with Gasteiger partial charge in [-0.3, -0.25) is 14.5 Å². The second kappa shape index (κ2) is 8.45. The van der Waals surface area contributed by atoms with Gasteiger partial charge in [0.15, 0.2) is 5.65 Å². The van der Waals surface area contributed by atoms with Gasteiger partial charge in [0, 0.05) is 31.9 Å². The van der Waals surface area contributed by atoms with Crippen LogP contribution in [-0.4, -0.2) is 64.7 Å². The van der Waals surface area contributed by atoms with Crippen LogP contribution in [0.25, 0.3) is 5.65 Å². The van der Waals surface area contributed by atoms with Gasteiger partial charge in [0.1, 0.15) is 5.69 Å². The molecule has 0 spiro atoms. The molecule has 0 unspecified atom stereocenters. The van der Waals surface area contributed by atoms with E-state index in [1.807, 2.05) is 0 Å². The van der Waals surface area contributed by atoms with E-state index in [0.717, 1.165) is 6.07 Å². The first-order chi connectivity index (χ1) is 14.9. The minimum Gasteiger partial charge on any atom is -0.379 e. The van der Waals surface area contributed by atoms with Crippen LogP contribution >= 0.6 is 0 Å². The molecular weight excluding hydrogens is 428 g/mol. The first-order valence-corrected chi connectivity index (χ1v) is 11.0. The van der Waals surface area contributed by atoms with E-state index in [0.29, 0.717) is 5.65 Å². The molecule has 2 aromatic heterocycles. The number of nitro groups is 1. The Morgan fingerprint density at radius 3 is 2.68 bits per heavy atom. The lowest BCUT2D eigenvalue weighted by Gasteiger charge is -2.26. The van der Waals surface area contributed by atoms with Crippen molar-refractivity contribution in [3.05, 3.63) is 63.2 Å². The van der Waals surface area contributed by atoms with E-state index in [1.54, 1.807) is 24.4 Å². The predicted octanol–water partition coefficient (Wildman–Crippen LogP) is 0.537. The normalized spacial score (nSPS) is 15.2. The highest BCUT2D eigenvalue weighted by Gasteiger charge is 2.28. The molecule has 3 aromatic rings. The average molecular weight is 448 g/mol. The predicted molar refractivity (Wildman–Crippen MR) is 111 cm³/mol. The third-order valence-electron chi connectivity index (χ3n) is 4.90. The van der Waals surface area contributed by atoms with Crippen molar-refractivity contribution in [3.63, 3.8) is 0 Å². The number of hydrogen-bond donors (Lipinski definition) is 1. The van der Waals surface area contributed by atoms with E-state index in [-0.39, 0.29) is 61.4 Å². The fourth-order valence-corrected chi connectivity index (χ4v) is 4.75. The summed E-state index contributed by atoms with van der Waals surface area (Å²) in [6, 6.07) is 8.91. The molecule has 0 atom stereocenters. The summed E-state index contributed by atoms with van der Waals surface area (Å²) in [5.74, 6) is 0. The van der Waals surface area contributed by atoms with E-state index in [4.69, 9.17) is 4.74 Å². The Hall–Kier alpha value is -3.29. The van der Waals surface area contributed by atoms with Crippen molar-refractivity contribution in [2.45, 2.75) is 11.4 Å². The highest BCUT2D eigenvalue weighted by molar-refractivity contribution is 7.89. The molecule has 1 saturated heterocycles. The summed E-state index contributed by atoms with van der Waals surface area (Å²) >= 11 is 0. The van der Waals surface area contributed by atoms with E-state index < -0.39 is 14.9 Å². The highest BCUT2D eigenvalue weighted by atomic mass is 32.2. The van der Waals surface area contributed by atoms with Crippen LogP contribution in [0, 0.1) is 10.1 Å². The first kappa shape index (κ1) is 21.0. The fraction of sp³-hybridized carbons (Fsp3) is 0.333. The summed E-state index contributed by atoms with van der Waals surface area (Å²) in [6.45, 7) is 1.31. The van der Waals surface area contributed by atoms with Gasteiger partial charge in [0.25, 0.3) is 5.69 Å². The summed E-state index contributed by atoms with van der Waals surface area (Å²) in [6.07, 6.45) is 1.60. The Bertz CT molecular complexity index is 1280. The van der Waals surface area contributed by atoms with Crippen molar-refractivity contribution in [2.75, 3.05) is 38.2 Å². The molecule has 12 nitrogen and oxygen atoms in total. The number of fused-ring (bicyclic) bond motifs is 1. The molecule has 1 aliphatic heterocycles. The monoisotopic (exact) mass is 448 g/mol. The molecule has 1 aromatic carbocycles. The van der Waals surface area contributed by atoms with Crippen molar-refractivity contribution < 1.29 is 18.1 Å². The van der Waals surface area contributed by atoms with Crippen LogP contribution in [0.15, 0.2) is 52.3 Å². The van der Waals surface area contributed by atoms with Crippen molar-refractivity contribution in [1.82, 2.24) is 18.5 Å². The van der Waals surface area contributed by atoms with Crippen molar-refractivity contribution in [1.29, 1.82) is 0 Å². The van der Waals surface area contributed by atoms with Crippen LogP contribution < -0.4 is 11.0 Å². The molecule has 1 fully saturated rings. The molecule has 0 saturated carbocycles. The number of benzene rings is 1. The topological polar surface area (TPSA) is 141 Å². The van der Waals surface area contributed by atoms with Gasteiger partial charge in [-0.05, 0) is 24.3 Å². The lowest BCUT2D eigenvalue weighted by Crippen LogP contribution is -2.40. The Kier molecular flexibility index (Phi) is 5.71. The van der Waals surface area contributed by atoms with Crippen molar-refractivity contribution >= 4 is 27.0 Å². The summed E-state index contributed by atoms with van der Waals surface area (Å²) < 4.78 is 34.6. The van der Waals surface area contributed by atoms with Gasteiger partial charge in [-0.2, -0.15) is 4.31 Å². The Morgan fingerprint density at radius 1 is 1.19 bits per heavy atom. The molecule has 0 bridgehead atoms. The maximum atomic E-state index is 12.8. The molecule has 4 rings (SSSR count). The van der Waals surface area contributed by atoms with Crippen LogP contribution in [0.5, 0.6) is 0 Å². The fourth-order valence-electron chi connectivity index (χ4n) is 3.32. The summed E-state index contributed by atoms with van der Waals surface area (Å²) in [5, 5.41) is 18.6. The number of pyridine rings is 1. The zero-order chi connectivity index (χ0) is 22.0.